The van der Waals surface area contributed by atoms with Crippen molar-refractivity contribution in [3.63, 3.8) is 0 Å². The number of halogens is 2. The van der Waals surface area contributed by atoms with Gasteiger partial charge >= 0.3 is 0 Å². The van der Waals surface area contributed by atoms with Crippen LogP contribution in [0.2, 0.25) is 10.0 Å². The smallest absolute Gasteiger partial charge is 0.149 e. The van der Waals surface area contributed by atoms with Gasteiger partial charge in [-0.2, -0.15) is 0 Å². The highest BCUT2D eigenvalue weighted by atomic mass is 35.5. The van der Waals surface area contributed by atoms with Crippen LogP contribution in [0.25, 0.3) is 0 Å². The monoisotopic (exact) mass is 259 g/mol. The Morgan fingerprint density at radius 2 is 1.94 bits per heavy atom. The molecule has 88 valence electrons. The Morgan fingerprint density at radius 3 is 2.56 bits per heavy atom. The van der Waals surface area contributed by atoms with E-state index < -0.39 is 0 Å². The van der Waals surface area contributed by atoms with E-state index in [0.29, 0.717) is 15.9 Å². The molecule has 0 aliphatic carbocycles. The van der Waals surface area contributed by atoms with Gasteiger partial charge in [0.1, 0.15) is 11.6 Å². The molecule has 2 rings (SSSR count). The summed E-state index contributed by atoms with van der Waals surface area (Å²) in [6.45, 7) is 4.23. The zero-order valence-electron chi connectivity index (χ0n) is 9.21. The van der Waals surface area contributed by atoms with Crippen molar-refractivity contribution >= 4 is 34.8 Å². The molecular formula is C11H15Cl2N3. The van der Waals surface area contributed by atoms with Crippen molar-refractivity contribution in [1.29, 1.82) is 0 Å². The van der Waals surface area contributed by atoms with Crippen molar-refractivity contribution in [2.24, 2.45) is 5.92 Å². The third-order valence-corrected chi connectivity index (χ3v) is 3.60. The fourth-order valence-corrected chi connectivity index (χ4v) is 2.39. The van der Waals surface area contributed by atoms with Gasteiger partial charge in [-0.25, -0.2) is 4.98 Å². The summed E-state index contributed by atoms with van der Waals surface area (Å²) in [5, 5.41) is 0.993. The van der Waals surface area contributed by atoms with E-state index in [9.17, 15) is 0 Å². The summed E-state index contributed by atoms with van der Waals surface area (Å²) in [6, 6.07) is 1.67. The highest BCUT2D eigenvalue weighted by Crippen LogP contribution is 2.32. The number of aromatic nitrogens is 1. The number of nitrogens with zero attached hydrogens (tertiary/aromatic N) is 2. The Balaban J connectivity index is 2.23. The van der Waals surface area contributed by atoms with Crippen molar-refractivity contribution in [2.45, 2.75) is 19.8 Å². The highest BCUT2D eigenvalue weighted by Gasteiger charge is 2.20. The number of hydrogen-bond donors (Lipinski definition) is 1. The Labute approximate surface area is 106 Å². The largest absolute Gasteiger partial charge is 0.382 e. The van der Waals surface area contributed by atoms with Crippen LogP contribution in [0.15, 0.2) is 6.07 Å². The zero-order valence-corrected chi connectivity index (χ0v) is 10.7. The molecule has 0 unspecified atom stereocenters. The van der Waals surface area contributed by atoms with Gasteiger partial charge in [-0.05, 0) is 24.8 Å². The molecule has 5 heteroatoms. The molecule has 1 aliphatic rings. The van der Waals surface area contributed by atoms with E-state index in [1.54, 1.807) is 6.07 Å². The third kappa shape index (κ3) is 2.36. The summed E-state index contributed by atoms with van der Waals surface area (Å²) >= 11 is 12.0. The molecule has 0 aromatic carbocycles. The summed E-state index contributed by atoms with van der Waals surface area (Å²) in [4.78, 5) is 6.44. The number of rotatable bonds is 1. The number of nitrogens with two attached hydrogens (primary N) is 1. The van der Waals surface area contributed by atoms with Crippen LogP contribution in [0.1, 0.15) is 19.8 Å². The quantitative estimate of drug-likeness (QED) is 0.843. The Kier molecular flexibility index (Phi) is 3.45. The first-order valence-electron chi connectivity index (χ1n) is 5.44. The number of pyridine rings is 1. The molecule has 1 aliphatic heterocycles. The topological polar surface area (TPSA) is 42.2 Å². The van der Waals surface area contributed by atoms with E-state index >= 15 is 0 Å². The van der Waals surface area contributed by atoms with Gasteiger partial charge < -0.3 is 10.6 Å². The molecule has 1 aromatic rings. The van der Waals surface area contributed by atoms with Crippen LogP contribution in [0.4, 0.5) is 11.6 Å². The molecule has 0 radical (unpaired) electrons. The van der Waals surface area contributed by atoms with Gasteiger partial charge in [0.25, 0.3) is 0 Å². The van der Waals surface area contributed by atoms with Gasteiger partial charge in [-0.15, -0.1) is 0 Å². The van der Waals surface area contributed by atoms with E-state index in [4.69, 9.17) is 28.9 Å². The fourth-order valence-electron chi connectivity index (χ4n) is 1.91. The highest BCUT2D eigenvalue weighted by molar-refractivity contribution is 6.37. The summed E-state index contributed by atoms with van der Waals surface area (Å²) in [5.74, 6) is 1.88. The van der Waals surface area contributed by atoms with Gasteiger partial charge in [0.2, 0.25) is 0 Å². The molecular weight excluding hydrogens is 245 g/mol. The summed E-state index contributed by atoms with van der Waals surface area (Å²) in [7, 11) is 0. The Morgan fingerprint density at radius 1 is 1.31 bits per heavy atom. The van der Waals surface area contributed by atoms with Crippen molar-refractivity contribution < 1.29 is 0 Å². The second-order valence-corrected chi connectivity index (χ2v) is 5.14. The molecule has 0 atom stereocenters. The van der Waals surface area contributed by atoms with Crippen molar-refractivity contribution in [3.05, 3.63) is 16.1 Å². The van der Waals surface area contributed by atoms with Gasteiger partial charge in [0.05, 0.1) is 10.0 Å². The van der Waals surface area contributed by atoms with Crippen LogP contribution >= 0.6 is 23.2 Å². The van der Waals surface area contributed by atoms with Gasteiger partial charge in [0, 0.05) is 13.1 Å². The number of nitrogen functional groups attached to an aromatic ring is 1. The minimum absolute atomic E-state index is 0.347. The maximum atomic E-state index is 6.13. The Bertz CT molecular complexity index is 387. The van der Waals surface area contributed by atoms with Crippen LogP contribution in [-0.4, -0.2) is 18.1 Å². The molecule has 0 amide bonds. The minimum Gasteiger partial charge on any atom is -0.382 e. The average molecular weight is 260 g/mol. The first-order valence-corrected chi connectivity index (χ1v) is 6.20. The molecule has 1 aromatic heterocycles. The van der Waals surface area contributed by atoms with Gasteiger partial charge in [-0.3, -0.25) is 0 Å². The fraction of sp³-hybridized carbons (Fsp3) is 0.545. The van der Waals surface area contributed by atoms with Crippen LogP contribution < -0.4 is 10.6 Å². The normalized spacial score (nSPS) is 17.8. The summed E-state index contributed by atoms with van der Waals surface area (Å²) in [5.41, 5.74) is 5.70. The average Bonchev–Trinajstić information content (AvgIpc) is 2.25. The minimum atomic E-state index is 0.347. The Hall–Kier alpha value is -0.670. The van der Waals surface area contributed by atoms with Gasteiger partial charge in [0.15, 0.2) is 0 Å². The van der Waals surface area contributed by atoms with E-state index in [1.165, 1.54) is 12.8 Å². The van der Waals surface area contributed by atoms with Crippen molar-refractivity contribution in [2.75, 3.05) is 23.7 Å². The molecule has 0 saturated carbocycles. The number of hydrogen-bond acceptors (Lipinski definition) is 3. The van der Waals surface area contributed by atoms with Crippen LogP contribution in [0, 0.1) is 5.92 Å². The lowest BCUT2D eigenvalue weighted by molar-refractivity contribution is 0.437. The number of piperidine rings is 1. The molecule has 1 fully saturated rings. The molecule has 0 spiro atoms. The molecule has 2 N–H and O–H groups in total. The second kappa shape index (κ2) is 4.68. The third-order valence-electron chi connectivity index (χ3n) is 3.02. The predicted octanol–water partition coefficient (Wildman–Crippen LogP) is 3.21. The lowest BCUT2D eigenvalue weighted by atomic mass is 9.99. The van der Waals surface area contributed by atoms with Crippen LogP contribution in [0.5, 0.6) is 0 Å². The molecule has 0 bridgehead atoms. The second-order valence-electron chi connectivity index (χ2n) is 4.33. The lowest BCUT2D eigenvalue weighted by Crippen LogP contribution is -2.33. The van der Waals surface area contributed by atoms with Gasteiger partial charge in [-0.1, -0.05) is 30.1 Å². The van der Waals surface area contributed by atoms with Crippen LogP contribution in [-0.2, 0) is 0 Å². The summed E-state index contributed by atoms with van der Waals surface area (Å²) < 4.78 is 0. The molecule has 3 nitrogen and oxygen atoms in total. The maximum Gasteiger partial charge on any atom is 0.149 e. The standard InChI is InChI=1S/C11H15Cl2N3/c1-7-2-4-16(5-3-7)11-9(13)6-8(12)10(14)15-11/h6-7H,2-5H2,1H3,(H2,14,15). The first kappa shape index (κ1) is 11.8. The van der Waals surface area contributed by atoms with E-state index in [-0.39, 0.29) is 0 Å². The number of anilines is 2. The summed E-state index contributed by atoms with van der Waals surface area (Å²) in [6.07, 6.45) is 2.33. The molecule has 16 heavy (non-hydrogen) atoms. The first-order chi connectivity index (χ1) is 7.58. The molecule has 1 saturated heterocycles. The zero-order chi connectivity index (χ0) is 11.7. The predicted molar refractivity (Wildman–Crippen MR) is 69.3 cm³/mol. The van der Waals surface area contributed by atoms with E-state index in [1.807, 2.05) is 0 Å². The molecule has 2 heterocycles. The maximum absolute atomic E-state index is 6.13. The van der Waals surface area contributed by atoms with Crippen molar-refractivity contribution in [1.82, 2.24) is 4.98 Å². The van der Waals surface area contributed by atoms with Crippen molar-refractivity contribution in [3.8, 4) is 0 Å². The SMILES string of the molecule is CC1CCN(c2nc(N)c(Cl)cc2Cl)CC1. The lowest BCUT2D eigenvalue weighted by Gasteiger charge is -2.31. The van der Waals surface area contributed by atoms with Crippen LogP contribution in [0.3, 0.4) is 0 Å². The van der Waals surface area contributed by atoms with E-state index in [2.05, 4.69) is 16.8 Å². The van der Waals surface area contributed by atoms with E-state index in [0.717, 1.165) is 24.8 Å².